The molecular weight excluding hydrogens is 322 g/mol. The Morgan fingerprint density at radius 3 is 2.11 bits per heavy atom. The van der Waals surface area contributed by atoms with E-state index in [0.29, 0.717) is 12.1 Å². The smallest absolute Gasteiger partial charge is 0.478 e. The van der Waals surface area contributed by atoms with Gasteiger partial charge in [0.1, 0.15) is 5.75 Å². The third kappa shape index (κ3) is 6.23. The molecule has 0 atom stereocenters. The van der Waals surface area contributed by atoms with Crippen LogP contribution in [0.5, 0.6) is 5.75 Å². The summed E-state index contributed by atoms with van der Waals surface area (Å²) in [6, 6.07) is 0.953. The van der Waals surface area contributed by atoms with Crippen LogP contribution < -0.4 is 61.0 Å². The molecule has 19 heavy (non-hydrogen) atoms. The van der Waals surface area contributed by atoms with Gasteiger partial charge in [0.2, 0.25) is 0 Å². The summed E-state index contributed by atoms with van der Waals surface area (Å²) in [4.78, 5) is 10.5. The largest absolute Gasteiger partial charge is 1.00 e. The van der Waals surface area contributed by atoms with Gasteiger partial charge in [-0.2, -0.15) is 8.42 Å². The molecule has 0 unspecified atom stereocenters. The summed E-state index contributed by atoms with van der Waals surface area (Å²) >= 11 is 0. The zero-order valence-electron chi connectivity index (χ0n) is 9.31. The van der Waals surface area contributed by atoms with Crippen LogP contribution >= 0.6 is 0 Å². The summed E-state index contributed by atoms with van der Waals surface area (Å²) in [6.07, 6.45) is 0. The molecule has 100 valence electrons. The van der Waals surface area contributed by atoms with Crippen molar-refractivity contribution in [1.29, 1.82) is 0 Å². The van der Waals surface area contributed by atoms with Gasteiger partial charge in [0.15, 0.2) is 0 Å². The van der Waals surface area contributed by atoms with Crippen molar-refractivity contribution in [3.8, 4) is 5.75 Å². The number of aromatic carboxylic acids is 1. The van der Waals surface area contributed by atoms with E-state index in [1.807, 2.05) is 0 Å². The third-order valence-electron chi connectivity index (χ3n) is 1.75. The summed E-state index contributed by atoms with van der Waals surface area (Å²) < 4.78 is 73.2. The molecule has 0 bridgehead atoms. The fourth-order valence-electron chi connectivity index (χ4n) is 1.10. The predicted octanol–water partition coefficient (Wildman–Crippen LogP) is -1.96. The monoisotopic (exact) mass is 326 g/mol. The maximum absolute atomic E-state index is 12.4. The maximum Gasteiger partial charge on any atom is 1.00 e. The summed E-state index contributed by atoms with van der Waals surface area (Å²) in [6.45, 7) is -5.58. The molecule has 0 amide bonds. The summed E-state index contributed by atoms with van der Waals surface area (Å²) in [5, 5.41) is 8.54. The van der Waals surface area contributed by atoms with Gasteiger partial charge in [0.05, 0.1) is 5.56 Å². The van der Waals surface area contributed by atoms with Crippen LogP contribution in [0, 0.1) is 0 Å². The van der Waals surface area contributed by atoms with Crippen LogP contribution in [0.15, 0.2) is 18.2 Å². The standard InChI is InChI=1S/C7H4BF4O5S.K/c9-8(10,11)5-1-4(7(13)14)2-6(3-5)17-18(12,15)16;/h1-3H,(H,13,14);/q-1;+1. The maximum atomic E-state index is 12.4. The number of hydrogen-bond acceptors (Lipinski definition) is 4. The van der Waals surface area contributed by atoms with Crippen LogP contribution in [-0.2, 0) is 10.5 Å². The van der Waals surface area contributed by atoms with E-state index < -0.39 is 40.2 Å². The Morgan fingerprint density at radius 2 is 1.74 bits per heavy atom. The number of carbonyl (C=O) groups is 1. The average molecular weight is 326 g/mol. The van der Waals surface area contributed by atoms with E-state index in [1.54, 1.807) is 0 Å². The molecule has 0 spiro atoms. The minimum Gasteiger partial charge on any atom is -0.478 e. The van der Waals surface area contributed by atoms with Crippen LogP contribution in [0.1, 0.15) is 10.4 Å². The van der Waals surface area contributed by atoms with Crippen LogP contribution in [0.4, 0.5) is 16.8 Å². The van der Waals surface area contributed by atoms with Gasteiger partial charge < -0.3 is 22.2 Å². The topological polar surface area (TPSA) is 80.7 Å². The van der Waals surface area contributed by atoms with Gasteiger partial charge in [-0.15, -0.1) is 5.46 Å². The Balaban J connectivity index is 0.00000324. The fourth-order valence-corrected chi connectivity index (χ4v) is 1.42. The quantitative estimate of drug-likeness (QED) is 0.395. The van der Waals surface area contributed by atoms with Gasteiger partial charge in [0, 0.05) is 0 Å². The van der Waals surface area contributed by atoms with Crippen molar-refractivity contribution in [3.05, 3.63) is 23.8 Å². The first-order valence-corrected chi connectivity index (χ1v) is 5.52. The molecule has 0 aromatic heterocycles. The Kier molecular flexibility index (Phi) is 6.49. The Bertz CT molecular complexity index is 588. The first-order chi connectivity index (χ1) is 7.99. The molecule has 1 N–H and O–H groups in total. The zero-order valence-corrected chi connectivity index (χ0v) is 13.2. The molecule has 1 aromatic rings. The molecule has 5 nitrogen and oxygen atoms in total. The number of benzene rings is 1. The van der Waals surface area contributed by atoms with Crippen LogP contribution in [0.25, 0.3) is 0 Å². The molecule has 1 aromatic carbocycles. The molecular formula is C7H4BF4KO5S. The molecule has 0 saturated carbocycles. The van der Waals surface area contributed by atoms with Crippen LogP contribution in [0.3, 0.4) is 0 Å². The van der Waals surface area contributed by atoms with Crippen molar-refractivity contribution in [3.63, 3.8) is 0 Å². The second-order valence-electron chi connectivity index (χ2n) is 3.15. The van der Waals surface area contributed by atoms with Crippen molar-refractivity contribution >= 4 is 28.9 Å². The number of halogens is 4. The molecule has 12 heteroatoms. The van der Waals surface area contributed by atoms with E-state index in [2.05, 4.69) is 4.18 Å². The van der Waals surface area contributed by atoms with E-state index >= 15 is 0 Å². The van der Waals surface area contributed by atoms with E-state index in [4.69, 9.17) is 5.11 Å². The molecule has 0 heterocycles. The van der Waals surface area contributed by atoms with Gasteiger partial charge in [-0.3, -0.25) is 0 Å². The van der Waals surface area contributed by atoms with Crippen molar-refractivity contribution in [1.82, 2.24) is 0 Å². The molecule has 0 radical (unpaired) electrons. The normalized spacial score (nSPS) is 11.6. The predicted molar refractivity (Wildman–Crippen MR) is 52.8 cm³/mol. The first kappa shape index (κ1) is 18.9. The average Bonchev–Trinajstić information content (AvgIpc) is 2.12. The molecule has 0 aliphatic carbocycles. The summed E-state index contributed by atoms with van der Waals surface area (Å²) in [5.41, 5.74) is -2.28. The Morgan fingerprint density at radius 1 is 1.21 bits per heavy atom. The van der Waals surface area contributed by atoms with Crippen molar-refractivity contribution < 1.29 is 90.7 Å². The molecule has 0 aliphatic heterocycles. The van der Waals surface area contributed by atoms with Crippen molar-refractivity contribution in [2.24, 2.45) is 0 Å². The Hall–Kier alpha value is -0.139. The number of rotatable bonds is 4. The number of carboxylic acid groups (broad SMARTS) is 1. The SMILES string of the molecule is O=C(O)c1cc(OS(=O)(=O)F)cc([B-](F)(F)F)c1.[K+]. The van der Waals surface area contributed by atoms with Gasteiger partial charge in [-0.05, 0) is 12.1 Å². The molecule has 0 saturated heterocycles. The van der Waals surface area contributed by atoms with Gasteiger partial charge in [-0.1, -0.05) is 9.95 Å². The van der Waals surface area contributed by atoms with Gasteiger partial charge in [0.25, 0.3) is 0 Å². The second kappa shape index (κ2) is 6.54. The zero-order chi connectivity index (χ0) is 14.1. The molecule has 1 rings (SSSR count). The second-order valence-corrected chi connectivity index (χ2v) is 4.10. The minimum absolute atomic E-state index is 0. The molecule has 0 aliphatic rings. The molecule has 0 fully saturated rings. The fraction of sp³-hybridized carbons (Fsp3) is 0. The first-order valence-electron chi connectivity index (χ1n) is 4.21. The van der Waals surface area contributed by atoms with E-state index in [0.717, 1.165) is 0 Å². The minimum atomic E-state index is -5.58. The van der Waals surface area contributed by atoms with Crippen molar-refractivity contribution in [2.75, 3.05) is 0 Å². The van der Waals surface area contributed by atoms with E-state index in [-0.39, 0.29) is 57.5 Å². The van der Waals surface area contributed by atoms with E-state index in [9.17, 15) is 30.0 Å². The van der Waals surface area contributed by atoms with Crippen LogP contribution in [0.2, 0.25) is 0 Å². The number of hydrogen-bond donors (Lipinski definition) is 1. The van der Waals surface area contributed by atoms with Gasteiger partial charge in [-0.25, -0.2) is 4.79 Å². The summed E-state index contributed by atoms with van der Waals surface area (Å²) in [7, 11) is -5.54. The van der Waals surface area contributed by atoms with Crippen molar-refractivity contribution in [2.45, 2.75) is 0 Å². The third-order valence-corrected chi connectivity index (χ3v) is 2.14. The van der Waals surface area contributed by atoms with E-state index in [1.165, 1.54) is 0 Å². The number of carboxylic acids is 1. The van der Waals surface area contributed by atoms with Gasteiger partial charge >= 0.3 is 74.8 Å². The van der Waals surface area contributed by atoms with Crippen LogP contribution in [-0.4, -0.2) is 26.5 Å². The summed E-state index contributed by atoms with van der Waals surface area (Å²) in [5.74, 6) is -2.80. The Labute approximate surface area is 147 Å².